The number of nitrogens with zero attached hydrogens (tertiary/aromatic N) is 2. The number of aromatic nitrogens is 1. The molecule has 0 saturated carbocycles. The molecule has 4 rings (SSSR count). The number of methoxy groups -OCH3 is 1. The lowest BCUT2D eigenvalue weighted by molar-refractivity contribution is -0.132. The topological polar surface area (TPSA) is 89.0 Å². The molecule has 0 bridgehead atoms. The van der Waals surface area contributed by atoms with Crippen LogP contribution in [0.5, 0.6) is 11.5 Å². The lowest BCUT2D eigenvalue weighted by Gasteiger charge is -2.25. The number of ether oxygens (including phenoxy) is 2. The van der Waals surface area contributed by atoms with Crippen molar-refractivity contribution in [3.8, 4) is 11.5 Å². The summed E-state index contributed by atoms with van der Waals surface area (Å²) in [5, 5.41) is 11.4. The van der Waals surface area contributed by atoms with Crippen LogP contribution in [0.1, 0.15) is 35.3 Å². The van der Waals surface area contributed by atoms with Gasteiger partial charge in [-0.2, -0.15) is 0 Å². The van der Waals surface area contributed by atoms with Crippen molar-refractivity contribution in [1.82, 2.24) is 4.98 Å². The number of benzene rings is 2. The van der Waals surface area contributed by atoms with E-state index >= 15 is 0 Å². The van der Waals surface area contributed by atoms with Crippen molar-refractivity contribution in [1.29, 1.82) is 0 Å². The Kier molecular flexibility index (Phi) is 6.36. The van der Waals surface area contributed by atoms with Crippen molar-refractivity contribution in [2.75, 3.05) is 18.6 Å². The Morgan fingerprint density at radius 2 is 1.79 bits per heavy atom. The molecule has 1 atom stereocenters. The highest BCUT2D eigenvalue weighted by atomic mass is 16.5. The van der Waals surface area contributed by atoms with Gasteiger partial charge in [0.15, 0.2) is 0 Å². The van der Waals surface area contributed by atoms with Gasteiger partial charge >= 0.3 is 0 Å². The summed E-state index contributed by atoms with van der Waals surface area (Å²) >= 11 is 0. The molecule has 7 heteroatoms. The first-order chi connectivity index (χ1) is 16.4. The van der Waals surface area contributed by atoms with E-state index in [0.717, 1.165) is 5.56 Å². The molecule has 3 aromatic rings. The summed E-state index contributed by atoms with van der Waals surface area (Å²) in [5.41, 5.74) is 2.94. The van der Waals surface area contributed by atoms with Crippen molar-refractivity contribution >= 4 is 23.1 Å². The number of carbonyl (C=O) groups is 2. The average molecular weight is 459 g/mol. The lowest BCUT2D eigenvalue weighted by Crippen LogP contribution is -2.29. The Hall–Kier alpha value is -4.13. The second-order valence-corrected chi connectivity index (χ2v) is 7.99. The molecule has 2 heterocycles. The van der Waals surface area contributed by atoms with Gasteiger partial charge in [0.2, 0.25) is 0 Å². The quantitative estimate of drug-likeness (QED) is 0.326. The molecule has 0 spiro atoms. The van der Waals surface area contributed by atoms with E-state index in [1.54, 1.807) is 67.9 Å². The number of pyridine rings is 1. The van der Waals surface area contributed by atoms with E-state index in [4.69, 9.17) is 9.47 Å². The third-order valence-electron chi connectivity index (χ3n) is 5.84. The van der Waals surface area contributed by atoms with Crippen molar-refractivity contribution in [2.24, 2.45) is 0 Å². The number of hydrogen-bond donors (Lipinski definition) is 1. The smallest absolute Gasteiger partial charge is 0.300 e. The number of aliphatic hydroxyl groups excluding tert-OH is 1. The van der Waals surface area contributed by atoms with Gasteiger partial charge < -0.3 is 14.6 Å². The molecular formula is C27H26N2O5. The average Bonchev–Trinajstić information content (AvgIpc) is 3.11. The zero-order valence-electron chi connectivity index (χ0n) is 19.5. The van der Waals surface area contributed by atoms with Gasteiger partial charge in [0, 0.05) is 17.4 Å². The second kappa shape index (κ2) is 9.39. The number of anilines is 1. The minimum absolute atomic E-state index is 0.00903. The number of carbonyl (C=O) groups excluding carboxylic acids is 2. The van der Waals surface area contributed by atoms with E-state index in [1.165, 1.54) is 4.90 Å². The van der Waals surface area contributed by atoms with Gasteiger partial charge in [0.05, 0.1) is 25.0 Å². The Bertz CT molecular complexity index is 1270. The first-order valence-corrected chi connectivity index (χ1v) is 11.0. The fraction of sp³-hybridized carbons (Fsp3) is 0.222. The van der Waals surface area contributed by atoms with E-state index in [-0.39, 0.29) is 11.3 Å². The van der Waals surface area contributed by atoms with Crippen molar-refractivity contribution in [2.45, 2.75) is 26.8 Å². The summed E-state index contributed by atoms with van der Waals surface area (Å²) in [6, 6.07) is 14.8. The van der Waals surface area contributed by atoms with Crippen LogP contribution in [0.3, 0.4) is 0 Å². The predicted molar refractivity (Wildman–Crippen MR) is 129 cm³/mol. The van der Waals surface area contributed by atoms with Crippen LogP contribution in [0.4, 0.5) is 5.69 Å². The Morgan fingerprint density at radius 1 is 1.06 bits per heavy atom. The molecule has 34 heavy (non-hydrogen) atoms. The van der Waals surface area contributed by atoms with E-state index in [9.17, 15) is 14.7 Å². The summed E-state index contributed by atoms with van der Waals surface area (Å²) in [7, 11) is 1.57. The molecule has 174 valence electrons. The summed E-state index contributed by atoms with van der Waals surface area (Å²) in [6.07, 6.45) is 1.59. The molecule has 1 N–H and O–H groups in total. The molecule has 1 aromatic heterocycles. The van der Waals surface area contributed by atoms with Gasteiger partial charge in [-0.1, -0.05) is 6.07 Å². The van der Waals surface area contributed by atoms with E-state index in [2.05, 4.69) is 4.98 Å². The third-order valence-corrected chi connectivity index (χ3v) is 5.84. The van der Waals surface area contributed by atoms with Crippen LogP contribution in [0.25, 0.3) is 5.76 Å². The monoisotopic (exact) mass is 458 g/mol. The first kappa shape index (κ1) is 23.0. The number of Topliss-reactive ketones (excluding diaryl/α,β-unsaturated/α-hetero) is 1. The van der Waals surface area contributed by atoms with Gasteiger partial charge in [0.25, 0.3) is 11.7 Å². The second-order valence-electron chi connectivity index (χ2n) is 7.99. The van der Waals surface area contributed by atoms with Crippen LogP contribution in [-0.4, -0.2) is 35.5 Å². The minimum atomic E-state index is -0.888. The molecule has 1 fully saturated rings. The van der Waals surface area contributed by atoms with Crippen molar-refractivity contribution < 1.29 is 24.2 Å². The maximum absolute atomic E-state index is 13.3. The zero-order chi connectivity index (χ0) is 24.4. The van der Waals surface area contributed by atoms with Gasteiger partial charge in [-0.25, -0.2) is 0 Å². The summed E-state index contributed by atoms with van der Waals surface area (Å²) < 4.78 is 10.9. The van der Waals surface area contributed by atoms with Crippen LogP contribution in [0.15, 0.2) is 66.4 Å². The largest absolute Gasteiger partial charge is 0.507 e. The fourth-order valence-corrected chi connectivity index (χ4v) is 4.20. The molecular weight excluding hydrogens is 432 g/mol. The van der Waals surface area contributed by atoms with Crippen LogP contribution < -0.4 is 14.4 Å². The van der Waals surface area contributed by atoms with E-state index in [1.807, 2.05) is 20.8 Å². The van der Waals surface area contributed by atoms with Crippen molar-refractivity contribution in [3.63, 3.8) is 0 Å². The predicted octanol–water partition coefficient (Wildman–Crippen LogP) is 4.73. The molecule has 1 aliphatic rings. The number of amides is 1. The third kappa shape index (κ3) is 4.01. The normalized spacial score (nSPS) is 17.2. The molecule has 7 nitrogen and oxygen atoms in total. The Labute approximate surface area is 198 Å². The maximum atomic E-state index is 13.3. The zero-order valence-corrected chi connectivity index (χ0v) is 19.5. The molecule has 2 aromatic carbocycles. The highest BCUT2D eigenvalue weighted by Crippen LogP contribution is 2.42. The Morgan fingerprint density at radius 3 is 2.41 bits per heavy atom. The van der Waals surface area contributed by atoms with Crippen LogP contribution in [0.2, 0.25) is 0 Å². The number of ketones is 1. The minimum Gasteiger partial charge on any atom is -0.507 e. The van der Waals surface area contributed by atoms with Gasteiger partial charge in [-0.05, 0) is 80.4 Å². The lowest BCUT2D eigenvalue weighted by atomic mass is 9.95. The summed E-state index contributed by atoms with van der Waals surface area (Å²) in [6.45, 7) is 6.06. The Balaban J connectivity index is 1.91. The van der Waals surface area contributed by atoms with E-state index < -0.39 is 17.7 Å². The molecule has 1 amide bonds. The van der Waals surface area contributed by atoms with Crippen LogP contribution in [-0.2, 0) is 9.59 Å². The first-order valence-electron chi connectivity index (χ1n) is 11.0. The van der Waals surface area contributed by atoms with Gasteiger partial charge in [0.1, 0.15) is 23.3 Å². The van der Waals surface area contributed by atoms with E-state index in [0.29, 0.717) is 40.6 Å². The van der Waals surface area contributed by atoms with Crippen LogP contribution >= 0.6 is 0 Å². The standard InChI is InChI=1S/C27H26N2O5/c1-5-34-19-11-9-18(10-12-19)29-24(21-8-6-7-13-28-21)23(26(31)27(29)32)25(30)20-14-17(3)22(33-4)15-16(20)2/h6-15,24,30H,5H2,1-4H3/b25-23+. The number of rotatable bonds is 6. The highest BCUT2D eigenvalue weighted by molar-refractivity contribution is 6.51. The number of hydrogen-bond acceptors (Lipinski definition) is 6. The van der Waals surface area contributed by atoms with Gasteiger partial charge in [-0.15, -0.1) is 0 Å². The molecule has 1 saturated heterocycles. The van der Waals surface area contributed by atoms with Crippen molar-refractivity contribution in [3.05, 3.63) is 88.8 Å². The number of aliphatic hydroxyl groups is 1. The molecule has 1 unspecified atom stereocenters. The number of aryl methyl sites for hydroxylation is 2. The fourth-order valence-electron chi connectivity index (χ4n) is 4.20. The SMILES string of the molecule is CCOc1ccc(N2C(=O)C(=O)/C(=C(/O)c3cc(C)c(OC)cc3C)C2c2ccccn2)cc1. The molecule has 1 aliphatic heterocycles. The maximum Gasteiger partial charge on any atom is 0.300 e. The molecule has 0 aliphatic carbocycles. The summed E-state index contributed by atoms with van der Waals surface area (Å²) in [5.74, 6) is -0.420. The summed E-state index contributed by atoms with van der Waals surface area (Å²) in [4.78, 5) is 32.3. The highest BCUT2D eigenvalue weighted by Gasteiger charge is 2.47. The molecule has 0 radical (unpaired) electrons. The van der Waals surface area contributed by atoms with Crippen LogP contribution in [0, 0.1) is 13.8 Å². The van der Waals surface area contributed by atoms with Gasteiger partial charge in [-0.3, -0.25) is 19.5 Å².